The highest BCUT2D eigenvalue weighted by atomic mass is 16.3. The lowest BCUT2D eigenvalue weighted by Gasteiger charge is -2.10. The van der Waals surface area contributed by atoms with Crippen molar-refractivity contribution in [3.05, 3.63) is 30.4 Å². The fraction of sp³-hybridized carbons (Fsp3) is 0.545. The van der Waals surface area contributed by atoms with Crippen molar-refractivity contribution < 1.29 is 5.11 Å². The number of aliphatic hydroxyl groups excluding tert-OH is 1. The van der Waals surface area contributed by atoms with E-state index in [4.69, 9.17) is 0 Å². The lowest BCUT2D eigenvalue weighted by molar-refractivity contribution is 0.160. The predicted molar refractivity (Wildman–Crippen MR) is 62.2 cm³/mol. The van der Waals surface area contributed by atoms with Crippen molar-refractivity contribution >= 4 is 0 Å². The first-order valence-corrected chi connectivity index (χ1v) is 5.74. The smallest absolute Gasteiger partial charge is 0.138 e. The minimum absolute atomic E-state index is 0.435. The molecule has 2 aromatic heterocycles. The van der Waals surface area contributed by atoms with Crippen LogP contribution in [0.5, 0.6) is 0 Å². The predicted octanol–water partition coefficient (Wildman–Crippen LogP) is 0.698. The molecule has 1 N–H and O–H groups in total. The van der Waals surface area contributed by atoms with Crippen molar-refractivity contribution in [3.63, 3.8) is 0 Å². The van der Waals surface area contributed by atoms with Crippen LogP contribution in [0.25, 0.3) is 0 Å². The van der Waals surface area contributed by atoms with Gasteiger partial charge < -0.3 is 9.67 Å². The summed E-state index contributed by atoms with van der Waals surface area (Å²) in [5, 5.41) is 14.2. The van der Waals surface area contributed by atoms with Crippen LogP contribution in [0.15, 0.2) is 18.7 Å². The molecular formula is C11H17N5O. The van der Waals surface area contributed by atoms with Gasteiger partial charge >= 0.3 is 0 Å². The fourth-order valence-corrected chi connectivity index (χ4v) is 1.81. The van der Waals surface area contributed by atoms with E-state index in [0.717, 1.165) is 18.8 Å². The first kappa shape index (κ1) is 11.8. The molecule has 0 spiro atoms. The number of aryl methyl sites for hydroxylation is 2. The third-order valence-electron chi connectivity index (χ3n) is 2.66. The summed E-state index contributed by atoms with van der Waals surface area (Å²) < 4.78 is 3.64. The van der Waals surface area contributed by atoms with E-state index in [2.05, 4.69) is 22.0 Å². The molecule has 2 aromatic rings. The van der Waals surface area contributed by atoms with Gasteiger partial charge in [-0.1, -0.05) is 6.92 Å². The monoisotopic (exact) mass is 235 g/mol. The van der Waals surface area contributed by atoms with E-state index >= 15 is 0 Å². The Balaban J connectivity index is 2.10. The van der Waals surface area contributed by atoms with Gasteiger partial charge in [0.2, 0.25) is 0 Å². The van der Waals surface area contributed by atoms with Gasteiger partial charge in [0, 0.05) is 32.4 Å². The van der Waals surface area contributed by atoms with E-state index < -0.39 is 6.10 Å². The van der Waals surface area contributed by atoms with E-state index in [0.29, 0.717) is 12.2 Å². The Morgan fingerprint density at radius 1 is 1.41 bits per heavy atom. The largest absolute Gasteiger partial charge is 0.385 e. The van der Waals surface area contributed by atoms with Crippen LogP contribution in [-0.4, -0.2) is 29.4 Å². The van der Waals surface area contributed by atoms with Crippen LogP contribution in [0.1, 0.15) is 31.1 Å². The standard InChI is InChI=1S/C11H17N5O/c1-3-5-16-10(13-8-14-16)7-9(17)11-12-4-6-15(11)2/h4,6,8-9,17H,3,5,7H2,1-2H3. The van der Waals surface area contributed by atoms with Crippen molar-refractivity contribution in [2.75, 3.05) is 0 Å². The van der Waals surface area contributed by atoms with Crippen LogP contribution in [0.4, 0.5) is 0 Å². The molecule has 2 rings (SSSR count). The number of nitrogens with zero attached hydrogens (tertiary/aromatic N) is 5. The Hall–Kier alpha value is -1.69. The molecule has 92 valence electrons. The van der Waals surface area contributed by atoms with Crippen LogP contribution in [0, 0.1) is 0 Å². The first-order valence-electron chi connectivity index (χ1n) is 5.74. The van der Waals surface area contributed by atoms with Crippen molar-refractivity contribution in [2.24, 2.45) is 7.05 Å². The molecule has 0 aliphatic heterocycles. The van der Waals surface area contributed by atoms with E-state index in [1.54, 1.807) is 6.20 Å². The van der Waals surface area contributed by atoms with Gasteiger partial charge in [0.05, 0.1) is 0 Å². The molecule has 1 atom stereocenters. The Morgan fingerprint density at radius 2 is 2.24 bits per heavy atom. The fourth-order valence-electron chi connectivity index (χ4n) is 1.81. The number of aromatic nitrogens is 5. The maximum atomic E-state index is 10.1. The molecule has 0 aliphatic rings. The normalized spacial score (nSPS) is 12.9. The number of hydrogen-bond acceptors (Lipinski definition) is 4. The number of rotatable bonds is 5. The van der Waals surface area contributed by atoms with E-state index in [9.17, 15) is 5.11 Å². The average Bonchev–Trinajstić information content (AvgIpc) is 2.89. The Kier molecular flexibility index (Phi) is 3.53. The summed E-state index contributed by atoms with van der Waals surface area (Å²) >= 11 is 0. The molecule has 6 nitrogen and oxygen atoms in total. The lowest BCUT2D eigenvalue weighted by Crippen LogP contribution is -2.13. The Labute approximate surface area is 99.9 Å². The second-order valence-corrected chi connectivity index (χ2v) is 4.02. The zero-order valence-corrected chi connectivity index (χ0v) is 10.1. The first-order chi connectivity index (χ1) is 8.22. The van der Waals surface area contributed by atoms with Gasteiger partial charge in [0.15, 0.2) is 0 Å². The molecule has 0 saturated carbocycles. The van der Waals surface area contributed by atoms with Gasteiger partial charge in [0.25, 0.3) is 0 Å². The molecule has 0 saturated heterocycles. The van der Waals surface area contributed by atoms with Crippen LogP contribution in [0.3, 0.4) is 0 Å². The lowest BCUT2D eigenvalue weighted by atomic mass is 10.2. The number of imidazole rings is 1. The van der Waals surface area contributed by atoms with Crippen LogP contribution < -0.4 is 0 Å². The Bertz CT molecular complexity index is 476. The van der Waals surface area contributed by atoms with Gasteiger partial charge in [-0.25, -0.2) is 9.97 Å². The van der Waals surface area contributed by atoms with Gasteiger partial charge in [-0.2, -0.15) is 5.10 Å². The highest BCUT2D eigenvalue weighted by molar-refractivity contribution is 5.00. The number of hydrogen-bond donors (Lipinski definition) is 1. The molecule has 0 aromatic carbocycles. The summed E-state index contributed by atoms with van der Waals surface area (Å²) in [6.45, 7) is 2.91. The molecule has 2 heterocycles. The van der Waals surface area contributed by atoms with Crippen LogP contribution in [0.2, 0.25) is 0 Å². The maximum absolute atomic E-state index is 10.1. The van der Waals surface area contributed by atoms with Crippen molar-refractivity contribution in [3.8, 4) is 0 Å². The molecule has 1 unspecified atom stereocenters. The second kappa shape index (κ2) is 5.09. The highest BCUT2D eigenvalue weighted by Gasteiger charge is 2.16. The summed E-state index contributed by atoms with van der Waals surface area (Å²) in [4.78, 5) is 8.30. The van der Waals surface area contributed by atoms with Crippen molar-refractivity contribution in [1.82, 2.24) is 24.3 Å². The van der Waals surface area contributed by atoms with Crippen LogP contribution in [-0.2, 0) is 20.0 Å². The van der Waals surface area contributed by atoms with Crippen molar-refractivity contribution in [1.29, 1.82) is 0 Å². The molecule has 0 amide bonds. The van der Waals surface area contributed by atoms with E-state index in [-0.39, 0.29) is 0 Å². The van der Waals surface area contributed by atoms with E-state index in [1.165, 1.54) is 6.33 Å². The average molecular weight is 235 g/mol. The maximum Gasteiger partial charge on any atom is 0.138 e. The second-order valence-electron chi connectivity index (χ2n) is 4.02. The van der Waals surface area contributed by atoms with Gasteiger partial charge in [-0.3, -0.25) is 4.68 Å². The van der Waals surface area contributed by atoms with Crippen molar-refractivity contribution in [2.45, 2.75) is 32.4 Å². The topological polar surface area (TPSA) is 68.8 Å². The third-order valence-corrected chi connectivity index (χ3v) is 2.66. The summed E-state index contributed by atoms with van der Waals surface area (Å²) in [7, 11) is 1.86. The summed E-state index contributed by atoms with van der Waals surface area (Å²) in [5.41, 5.74) is 0. The molecule has 0 fully saturated rings. The summed E-state index contributed by atoms with van der Waals surface area (Å²) in [5.74, 6) is 1.44. The Morgan fingerprint density at radius 3 is 2.88 bits per heavy atom. The van der Waals surface area contributed by atoms with Gasteiger partial charge in [-0.05, 0) is 6.42 Å². The van der Waals surface area contributed by atoms with Gasteiger partial charge in [0.1, 0.15) is 24.1 Å². The molecule has 6 heteroatoms. The molecular weight excluding hydrogens is 218 g/mol. The minimum atomic E-state index is -0.644. The number of aliphatic hydroxyl groups is 1. The van der Waals surface area contributed by atoms with E-state index in [1.807, 2.05) is 22.5 Å². The third kappa shape index (κ3) is 2.52. The van der Waals surface area contributed by atoms with Crippen LogP contribution >= 0.6 is 0 Å². The molecule has 0 bridgehead atoms. The molecule has 17 heavy (non-hydrogen) atoms. The van der Waals surface area contributed by atoms with Gasteiger partial charge in [-0.15, -0.1) is 0 Å². The summed E-state index contributed by atoms with van der Waals surface area (Å²) in [6, 6.07) is 0. The SMILES string of the molecule is CCCn1ncnc1CC(O)c1nccn1C. The zero-order chi connectivity index (χ0) is 12.3. The summed E-state index contributed by atoms with van der Waals surface area (Å²) in [6.07, 6.45) is 5.80. The molecule has 0 radical (unpaired) electrons. The quantitative estimate of drug-likeness (QED) is 0.828. The molecule has 0 aliphatic carbocycles. The minimum Gasteiger partial charge on any atom is -0.385 e. The highest BCUT2D eigenvalue weighted by Crippen LogP contribution is 2.14. The zero-order valence-electron chi connectivity index (χ0n) is 10.1.